The van der Waals surface area contributed by atoms with Gasteiger partial charge in [0, 0.05) is 19.1 Å². The van der Waals surface area contributed by atoms with Crippen LogP contribution in [0.5, 0.6) is 0 Å². The topological polar surface area (TPSA) is 49.4 Å². The van der Waals surface area contributed by atoms with Gasteiger partial charge >= 0.3 is 5.76 Å². The first-order valence-electron chi connectivity index (χ1n) is 5.90. The summed E-state index contributed by atoms with van der Waals surface area (Å²) in [6, 6.07) is 0.221. The van der Waals surface area contributed by atoms with E-state index in [1.807, 2.05) is 13.8 Å². The number of halogens is 2. The maximum Gasteiger partial charge on any atom is 0.350 e. The number of nitrogens with zero attached hydrogens (tertiary/aromatic N) is 1. The molecule has 0 bridgehead atoms. The number of rotatable bonds is 5. The third kappa shape index (κ3) is 3.59. The smallest absolute Gasteiger partial charge is 0.314 e. The second-order valence-corrected chi connectivity index (χ2v) is 6.39. The molecule has 2 unspecified atom stereocenters. The highest BCUT2D eigenvalue weighted by molar-refractivity contribution is 7.89. The molecule has 1 fully saturated rings. The Kier molecular flexibility index (Phi) is 5.27. The fourth-order valence-electron chi connectivity index (χ4n) is 2.08. The lowest BCUT2D eigenvalue weighted by molar-refractivity contribution is 0.186. The van der Waals surface area contributed by atoms with Crippen molar-refractivity contribution < 1.29 is 17.2 Å². The Morgan fingerprint density at radius 2 is 2.12 bits per heavy atom. The van der Waals surface area contributed by atoms with Crippen LogP contribution in [-0.2, 0) is 10.0 Å². The van der Waals surface area contributed by atoms with Crippen LogP contribution >= 0.6 is 0 Å². The SMILES string of the molecule is CCCNC1CCN(S(=O)(=O)C(F)F)CC1C. The first-order chi connectivity index (χ1) is 7.89. The molecule has 1 aliphatic heterocycles. The quantitative estimate of drug-likeness (QED) is 0.818. The van der Waals surface area contributed by atoms with Crippen LogP contribution in [0.15, 0.2) is 0 Å². The van der Waals surface area contributed by atoms with E-state index in [4.69, 9.17) is 0 Å². The Morgan fingerprint density at radius 1 is 1.47 bits per heavy atom. The fraction of sp³-hybridized carbons (Fsp3) is 1.00. The Balaban J connectivity index is 2.58. The van der Waals surface area contributed by atoms with E-state index in [0.29, 0.717) is 6.42 Å². The van der Waals surface area contributed by atoms with Gasteiger partial charge in [0.2, 0.25) is 0 Å². The summed E-state index contributed by atoms with van der Waals surface area (Å²) < 4.78 is 48.3. The van der Waals surface area contributed by atoms with Gasteiger partial charge in [-0.1, -0.05) is 13.8 Å². The normalized spacial score (nSPS) is 27.6. The van der Waals surface area contributed by atoms with Crippen LogP contribution < -0.4 is 5.32 Å². The predicted molar refractivity (Wildman–Crippen MR) is 62.4 cm³/mol. The summed E-state index contributed by atoms with van der Waals surface area (Å²) in [5.74, 6) is -3.25. The molecule has 1 rings (SSSR count). The summed E-state index contributed by atoms with van der Waals surface area (Å²) in [7, 11) is -4.40. The molecular formula is C10H20F2N2O2S. The molecule has 7 heteroatoms. The van der Waals surface area contributed by atoms with Gasteiger partial charge in [-0.3, -0.25) is 0 Å². The molecule has 0 spiro atoms. The Morgan fingerprint density at radius 3 is 2.59 bits per heavy atom. The van der Waals surface area contributed by atoms with Gasteiger partial charge in [0.25, 0.3) is 10.0 Å². The van der Waals surface area contributed by atoms with E-state index in [2.05, 4.69) is 5.32 Å². The third-order valence-corrected chi connectivity index (χ3v) is 4.61. The molecular weight excluding hydrogens is 250 g/mol. The van der Waals surface area contributed by atoms with Gasteiger partial charge in [-0.05, 0) is 25.3 Å². The van der Waals surface area contributed by atoms with Crippen LogP contribution in [0.1, 0.15) is 26.7 Å². The second kappa shape index (κ2) is 6.06. The largest absolute Gasteiger partial charge is 0.350 e. The molecule has 0 radical (unpaired) electrons. The van der Waals surface area contributed by atoms with E-state index >= 15 is 0 Å². The van der Waals surface area contributed by atoms with Crippen molar-refractivity contribution in [3.63, 3.8) is 0 Å². The minimum absolute atomic E-state index is 0.0591. The number of piperidine rings is 1. The lowest BCUT2D eigenvalue weighted by atomic mass is 9.95. The third-order valence-electron chi connectivity index (χ3n) is 3.11. The van der Waals surface area contributed by atoms with Crippen molar-refractivity contribution in [2.45, 2.75) is 38.5 Å². The van der Waals surface area contributed by atoms with Gasteiger partial charge in [0.05, 0.1) is 0 Å². The van der Waals surface area contributed by atoms with E-state index in [0.717, 1.165) is 17.3 Å². The average Bonchev–Trinajstić information content (AvgIpc) is 2.27. The van der Waals surface area contributed by atoms with Gasteiger partial charge in [-0.25, -0.2) is 8.42 Å². The zero-order valence-corrected chi connectivity index (χ0v) is 11.0. The lowest BCUT2D eigenvalue weighted by Gasteiger charge is -2.36. The van der Waals surface area contributed by atoms with Crippen molar-refractivity contribution in [2.75, 3.05) is 19.6 Å². The number of hydrogen-bond donors (Lipinski definition) is 1. The van der Waals surface area contributed by atoms with E-state index < -0.39 is 15.8 Å². The van der Waals surface area contributed by atoms with Gasteiger partial charge in [0.15, 0.2) is 0 Å². The van der Waals surface area contributed by atoms with Crippen molar-refractivity contribution in [1.29, 1.82) is 0 Å². The maximum atomic E-state index is 12.4. The summed E-state index contributed by atoms with van der Waals surface area (Å²) in [4.78, 5) is 0. The molecule has 2 atom stereocenters. The summed E-state index contributed by atoms with van der Waals surface area (Å²) in [6.07, 6.45) is 1.59. The highest BCUT2D eigenvalue weighted by atomic mass is 32.2. The second-order valence-electron chi connectivity index (χ2n) is 4.49. The van der Waals surface area contributed by atoms with Crippen LogP contribution in [-0.4, -0.2) is 44.2 Å². The predicted octanol–water partition coefficient (Wildman–Crippen LogP) is 1.25. The van der Waals surface area contributed by atoms with Crippen molar-refractivity contribution in [2.24, 2.45) is 5.92 Å². The molecule has 17 heavy (non-hydrogen) atoms. The van der Waals surface area contributed by atoms with E-state index in [-0.39, 0.29) is 25.0 Å². The molecule has 1 saturated heterocycles. The summed E-state index contributed by atoms with van der Waals surface area (Å²) >= 11 is 0. The van der Waals surface area contributed by atoms with Gasteiger partial charge < -0.3 is 5.32 Å². The first kappa shape index (κ1) is 14.8. The molecule has 1 N–H and O–H groups in total. The Bertz CT molecular complexity index is 335. The van der Waals surface area contributed by atoms with Crippen LogP contribution in [0.3, 0.4) is 0 Å². The lowest BCUT2D eigenvalue weighted by Crippen LogP contribution is -2.51. The van der Waals surface area contributed by atoms with Gasteiger partial charge in [0.1, 0.15) is 0 Å². The summed E-state index contributed by atoms with van der Waals surface area (Å²) in [6.45, 7) is 5.16. The summed E-state index contributed by atoms with van der Waals surface area (Å²) in [5, 5.41) is 3.31. The standard InChI is InChI=1S/C10H20F2N2O2S/c1-3-5-13-9-4-6-14(7-8(9)2)17(15,16)10(11)12/h8-10,13H,3-7H2,1-2H3. The molecule has 1 aliphatic rings. The van der Waals surface area contributed by atoms with Crippen molar-refractivity contribution in [1.82, 2.24) is 9.62 Å². The molecule has 0 aromatic heterocycles. The van der Waals surface area contributed by atoms with E-state index in [9.17, 15) is 17.2 Å². The van der Waals surface area contributed by atoms with E-state index in [1.54, 1.807) is 0 Å². The van der Waals surface area contributed by atoms with Crippen LogP contribution in [0.4, 0.5) is 8.78 Å². The molecule has 102 valence electrons. The van der Waals surface area contributed by atoms with Crippen LogP contribution in [0.2, 0.25) is 0 Å². The van der Waals surface area contributed by atoms with Crippen molar-refractivity contribution >= 4 is 10.0 Å². The molecule has 0 amide bonds. The highest BCUT2D eigenvalue weighted by Gasteiger charge is 2.37. The van der Waals surface area contributed by atoms with Gasteiger partial charge in [-0.2, -0.15) is 13.1 Å². The van der Waals surface area contributed by atoms with E-state index in [1.165, 1.54) is 0 Å². The first-order valence-corrected chi connectivity index (χ1v) is 7.40. The number of alkyl halides is 2. The maximum absolute atomic E-state index is 12.4. The van der Waals surface area contributed by atoms with Crippen LogP contribution in [0, 0.1) is 5.92 Å². The van der Waals surface area contributed by atoms with Crippen molar-refractivity contribution in [3.05, 3.63) is 0 Å². The number of hydrogen-bond acceptors (Lipinski definition) is 3. The minimum atomic E-state index is -4.40. The van der Waals surface area contributed by atoms with Gasteiger partial charge in [-0.15, -0.1) is 0 Å². The average molecular weight is 270 g/mol. The van der Waals surface area contributed by atoms with Crippen LogP contribution in [0.25, 0.3) is 0 Å². The zero-order chi connectivity index (χ0) is 13.1. The molecule has 0 aromatic carbocycles. The molecule has 0 aromatic rings. The number of nitrogens with one attached hydrogen (secondary N) is 1. The highest BCUT2D eigenvalue weighted by Crippen LogP contribution is 2.22. The van der Waals surface area contributed by atoms with Crippen molar-refractivity contribution in [3.8, 4) is 0 Å². The fourth-order valence-corrected chi connectivity index (χ4v) is 3.11. The molecule has 1 heterocycles. The summed E-state index contributed by atoms with van der Waals surface area (Å²) in [5.41, 5.74) is 0. The number of sulfonamides is 1. The minimum Gasteiger partial charge on any atom is -0.314 e. The molecule has 4 nitrogen and oxygen atoms in total. The zero-order valence-electron chi connectivity index (χ0n) is 10.2. The molecule has 0 aliphatic carbocycles. The monoisotopic (exact) mass is 270 g/mol. The molecule has 0 saturated carbocycles. The Labute approximate surface area is 101 Å². The Hall–Kier alpha value is -0.270.